The van der Waals surface area contributed by atoms with E-state index in [2.05, 4.69) is 35.7 Å². The Hall–Kier alpha value is -2.47. The third kappa shape index (κ3) is 2.57. The fourth-order valence-electron chi connectivity index (χ4n) is 3.98. The number of hydrogen-bond donors (Lipinski definition) is 2. The van der Waals surface area contributed by atoms with Crippen molar-refractivity contribution in [2.45, 2.75) is 23.3 Å². The highest BCUT2D eigenvalue weighted by atomic mass is 32.2. The Morgan fingerprint density at radius 2 is 2.00 bits per heavy atom. The highest BCUT2D eigenvalue weighted by Crippen LogP contribution is 2.54. The molecule has 6 heteroatoms. The lowest BCUT2D eigenvalue weighted by atomic mass is 9.76. The fraction of sp³-hybridized carbons (Fsp3) is 0.263. The number of aromatic hydroxyl groups is 1. The molecule has 1 heterocycles. The van der Waals surface area contributed by atoms with E-state index >= 15 is 0 Å². The van der Waals surface area contributed by atoms with Crippen molar-refractivity contribution in [2.24, 2.45) is 5.92 Å². The number of nitro benzene ring substituents is 1. The number of anilines is 1. The number of hydrogen-bond acceptors (Lipinski definition) is 5. The van der Waals surface area contributed by atoms with Gasteiger partial charge in [0.25, 0.3) is 5.69 Å². The molecule has 0 amide bonds. The Morgan fingerprint density at radius 1 is 1.24 bits per heavy atom. The molecule has 0 saturated carbocycles. The zero-order valence-corrected chi connectivity index (χ0v) is 14.5. The topological polar surface area (TPSA) is 75.4 Å². The van der Waals surface area contributed by atoms with Gasteiger partial charge in [-0.25, -0.2) is 0 Å². The van der Waals surface area contributed by atoms with Crippen LogP contribution in [0.3, 0.4) is 0 Å². The normalized spacial score (nSPS) is 23.6. The lowest BCUT2D eigenvalue weighted by Gasteiger charge is -2.37. The van der Waals surface area contributed by atoms with Gasteiger partial charge in [-0.05, 0) is 42.4 Å². The van der Waals surface area contributed by atoms with E-state index in [-0.39, 0.29) is 34.2 Å². The van der Waals surface area contributed by atoms with Crippen molar-refractivity contribution in [3.63, 3.8) is 0 Å². The second-order valence-electron chi connectivity index (χ2n) is 6.40. The van der Waals surface area contributed by atoms with Gasteiger partial charge in [0.15, 0.2) is 0 Å². The van der Waals surface area contributed by atoms with E-state index in [0.29, 0.717) is 11.3 Å². The minimum Gasteiger partial charge on any atom is -0.506 e. The Balaban J connectivity index is 1.82. The molecule has 0 aromatic heterocycles. The molecular formula is C19H18N2O3S. The molecule has 2 aromatic carbocycles. The van der Waals surface area contributed by atoms with E-state index in [1.807, 2.05) is 12.3 Å². The second-order valence-corrected chi connectivity index (χ2v) is 7.28. The molecular weight excluding hydrogens is 336 g/mol. The highest BCUT2D eigenvalue weighted by Gasteiger charge is 2.42. The maximum Gasteiger partial charge on any atom is 0.275 e. The van der Waals surface area contributed by atoms with Gasteiger partial charge in [-0.1, -0.05) is 24.3 Å². The number of phenols is 1. The van der Waals surface area contributed by atoms with Crippen LogP contribution in [0.4, 0.5) is 11.4 Å². The van der Waals surface area contributed by atoms with Gasteiger partial charge in [-0.2, -0.15) is 0 Å². The summed E-state index contributed by atoms with van der Waals surface area (Å²) < 4.78 is 0. The van der Waals surface area contributed by atoms with Crippen molar-refractivity contribution in [1.82, 2.24) is 0 Å². The zero-order chi connectivity index (χ0) is 17.6. The maximum atomic E-state index is 11.5. The summed E-state index contributed by atoms with van der Waals surface area (Å²) in [4.78, 5) is 12.3. The standard InChI is InChI=1S/C19H18N2O3S/c1-25-12-7-5-11(6-8-12)18-14-4-2-3-13(14)17-15(21(23)24)9-10-16(22)19(17)20-18/h2-3,5-10,13-14,18,20,22H,4H2,1H3. The fourth-order valence-corrected chi connectivity index (χ4v) is 4.38. The molecule has 2 aliphatic rings. The van der Waals surface area contributed by atoms with Crippen LogP contribution in [0.15, 0.2) is 53.4 Å². The summed E-state index contributed by atoms with van der Waals surface area (Å²) in [6.07, 6.45) is 7.03. The van der Waals surface area contributed by atoms with Gasteiger partial charge in [0.1, 0.15) is 5.75 Å². The molecule has 0 fully saturated rings. The van der Waals surface area contributed by atoms with E-state index < -0.39 is 0 Å². The molecule has 5 nitrogen and oxygen atoms in total. The van der Waals surface area contributed by atoms with Crippen LogP contribution in [0, 0.1) is 16.0 Å². The zero-order valence-electron chi connectivity index (χ0n) is 13.7. The van der Waals surface area contributed by atoms with Crippen LogP contribution in [0.2, 0.25) is 0 Å². The average Bonchev–Trinajstić information content (AvgIpc) is 3.11. The molecule has 2 aromatic rings. The van der Waals surface area contributed by atoms with Crippen LogP contribution in [0.25, 0.3) is 0 Å². The average molecular weight is 354 g/mol. The van der Waals surface area contributed by atoms with E-state index in [0.717, 1.165) is 12.0 Å². The quantitative estimate of drug-likeness (QED) is 0.271. The molecule has 0 radical (unpaired) electrons. The van der Waals surface area contributed by atoms with Crippen LogP contribution in [0.1, 0.15) is 29.5 Å². The predicted octanol–water partition coefficient (Wildman–Crippen LogP) is 4.85. The van der Waals surface area contributed by atoms with Crippen LogP contribution < -0.4 is 5.32 Å². The van der Waals surface area contributed by atoms with Gasteiger partial charge < -0.3 is 10.4 Å². The Bertz CT molecular complexity index is 864. The molecule has 3 unspecified atom stereocenters. The van der Waals surface area contributed by atoms with E-state index in [9.17, 15) is 15.2 Å². The second kappa shape index (κ2) is 6.11. The van der Waals surface area contributed by atoms with Gasteiger partial charge in [0.05, 0.1) is 22.2 Å². The number of benzene rings is 2. The number of nitrogens with zero attached hydrogens (tertiary/aromatic N) is 1. The van der Waals surface area contributed by atoms with Crippen LogP contribution in [-0.4, -0.2) is 16.3 Å². The summed E-state index contributed by atoms with van der Waals surface area (Å²) >= 11 is 1.69. The lowest BCUT2D eigenvalue weighted by Crippen LogP contribution is -2.29. The Labute approximate surface area is 149 Å². The minimum absolute atomic E-state index is 0.0105. The van der Waals surface area contributed by atoms with Crippen molar-refractivity contribution in [2.75, 3.05) is 11.6 Å². The van der Waals surface area contributed by atoms with Crippen molar-refractivity contribution >= 4 is 23.1 Å². The summed E-state index contributed by atoms with van der Waals surface area (Å²) in [5, 5.41) is 25.2. The van der Waals surface area contributed by atoms with Gasteiger partial charge in [0, 0.05) is 16.9 Å². The maximum absolute atomic E-state index is 11.5. The van der Waals surface area contributed by atoms with Gasteiger partial charge >= 0.3 is 0 Å². The number of thioether (sulfide) groups is 1. The Morgan fingerprint density at radius 3 is 2.68 bits per heavy atom. The number of fused-ring (bicyclic) bond motifs is 3. The molecule has 1 aliphatic heterocycles. The predicted molar refractivity (Wildman–Crippen MR) is 99.3 cm³/mol. The highest BCUT2D eigenvalue weighted by molar-refractivity contribution is 7.98. The number of nitrogens with one attached hydrogen (secondary N) is 1. The smallest absolute Gasteiger partial charge is 0.275 e. The summed E-state index contributed by atoms with van der Waals surface area (Å²) in [5.74, 6) is 0.201. The molecule has 3 atom stereocenters. The van der Waals surface area contributed by atoms with Gasteiger partial charge in [0.2, 0.25) is 0 Å². The van der Waals surface area contributed by atoms with Gasteiger partial charge in [-0.15, -0.1) is 11.8 Å². The number of allylic oxidation sites excluding steroid dienone is 2. The largest absolute Gasteiger partial charge is 0.506 e. The van der Waals surface area contributed by atoms with Crippen molar-refractivity contribution in [3.8, 4) is 5.75 Å². The van der Waals surface area contributed by atoms with E-state index in [1.165, 1.54) is 17.0 Å². The van der Waals surface area contributed by atoms with Crippen molar-refractivity contribution in [1.29, 1.82) is 0 Å². The number of rotatable bonds is 3. The summed E-state index contributed by atoms with van der Waals surface area (Å²) in [6.45, 7) is 0. The molecule has 0 spiro atoms. The summed E-state index contributed by atoms with van der Waals surface area (Å²) in [6, 6.07) is 11.2. The van der Waals surface area contributed by atoms with E-state index in [1.54, 1.807) is 11.8 Å². The number of nitro groups is 1. The first-order chi connectivity index (χ1) is 12.1. The molecule has 0 saturated heterocycles. The molecule has 4 rings (SSSR count). The molecule has 2 N–H and O–H groups in total. The van der Waals surface area contributed by atoms with Crippen LogP contribution >= 0.6 is 11.8 Å². The number of phenolic OH excluding ortho intramolecular Hbond substituents is 1. The molecule has 128 valence electrons. The van der Waals surface area contributed by atoms with Crippen molar-refractivity contribution in [3.05, 3.63) is 69.8 Å². The monoisotopic (exact) mass is 354 g/mol. The molecule has 0 bridgehead atoms. The molecule has 25 heavy (non-hydrogen) atoms. The minimum atomic E-state index is -0.364. The Kier molecular flexibility index (Phi) is 3.92. The first kappa shape index (κ1) is 16.0. The summed E-state index contributed by atoms with van der Waals surface area (Å²) in [5.41, 5.74) is 2.28. The molecule has 1 aliphatic carbocycles. The van der Waals surface area contributed by atoms with Crippen LogP contribution in [0.5, 0.6) is 5.75 Å². The third-order valence-corrected chi connectivity index (χ3v) is 5.89. The third-order valence-electron chi connectivity index (χ3n) is 5.15. The summed E-state index contributed by atoms with van der Waals surface area (Å²) in [7, 11) is 0. The van der Waals surface area contributed by atoms with Gasteiger partial charge in [-0.3, -0.25) is 10.1 Å². The SMILES string of the molecule is CSc1ccc(C2Nc3c(O)ccc([N+](=O)[O-])c3C3C=CCC32)cc1. The van der Waals surface area contributed by atoms with E-state index in [4.69, 9.17) is 0 Å². The first-order valence-corrected chi connectivity index (χ1v) is 9.40. The van der Waals surface area contributed by atoms with Crippen LogP contribution in [-0.2, 0) is 0 Å². The first-order valence-electron chi connectivity index (χ1n) is 8.17. The lowest BCUT2D eigenvalue weighted by molar-refractivity contribution is -0.385. The van der Waals surface area contributed by atoms with Crippen molar-refractivity contribution < 1.29 is 10.0 Å².